The fraction of sp³-hybridized carbons (Fsp3) is 0.174. The Labute approximate surface area is 185 Å². The summed E-state index contributed by atoms with van der Waals surface area (Å²) < 4.78 is 33.5. The Morgan fingerprint density at radius 2 is 1.72 bits per heavy atom. The van der Waals surface area contributed by atoms with E-state index in [4.69, 9.17) is 4.74 Å². The van der Waals surface area contributed by atoms with Gasteiger partial charge in [0.05, 0.1) is 4.90 Å². The molecule has 1 N–H and O–H groups in total. The normalized spacial score (nSPS) is 15.2. The van der Waals surface area contributed by atoms with Crippen LogP contribution in [-0.4, -0.2) is 43.7 Å². The number of Topliss-reactive ketones (excluding diaryl/α,β-unsaturated/α-hetero) is 1. The monoisotopic (exact) mass is 451 g/mol. The number of ketones is 1. The Morgan fingerprint density at radius 1 is 1.03 bits per heavy atom. The summed E-state index contributed by atoms with van der Waals surface area (Å²) in [5.74, 6) is -0.977. The van der Waals surface area contributed by atoms with E-state index < -0.39 is 29.1 Å². The highest BCUT2D eigenvalue weighted by Gasteiger charge is 2.30. The van der Waals surface area contributed by atoms with E-state index in [1.54, 1.807) is 24.3 Å². The molecule has 164 valence electrons. The predicted octanol–water partition coefficient (Wildman–Crippen LogP) is 2.56. The Kier molecular flexibility index (Phi) is 5.67. The van der Waals surface area contributed by atoms with Gasteiger partial charge in [0.15, 0.2) is 6.61 Å². The van der Waals surface area contributed by atoms with Gasteiger partial charge in [-0.2, -0.15) is 0 Å². The topological polar surface area (TPSA) is 107 Å². The van der Waals surface area contributed by atoms with Gasteiger partial charge in [0.2, 0.25) is 5.78 Å². The minimum Gasteiger partial charge on any atom is -0.456 e. The van der Waals surface area contributed by atoms with E-state index in [-0.39, 0.29) is 16.5 Å². The van der Waals surface area contributed by atoms with Crippen molar-refractivity contribution >= 4 is 27.6 Å². The lowest BCUT2D eigenvalue weighted by Gasteiger charge is -2.09. The van der Waals surface area contributed by atoms with Gasteiger partial charge in [-0.15, -0.1) is 0 Å². The van der Waals surface area contributed by atoms with E-state index in [9.17, 15) is 18.0 Å². The maximum Gasteiger partial charge on any atom is 0.328 e. The summed E-state index contributed by atoms with van der Waals surface area (Å²) in [5, 5.41) is 0. The zero-order valence-corrected chi connectivity index (χ0v) is 18.3. The first-order valence-corrected chi connectivity index (χ1v) is 11.4. The fourth-order valence-corrected chi connectivity index (χ4v) is 4.93. The van der Waals surface area contributed by atoms with Crippen LogP contribution in [0.1, 0.15) is 27.3 Å². The molecule has 32 heavy (non-hydrogen) atoms. The van der Waals surface area contributed by atoms with Crippen LogP contribution in [-0.2, 0) is 19.6 Å². The first-order chi connectivity index (χ1) is 15.3. The molecule has 0 bridgehead atoms. The van der Waals surface area contributed by atoms with Crippen LogP contribution in [0, 0.1) is 13.8 Å². The quantitative estimate of drug-likeness (QED) is 0.458. The number of para-hydroxylation sites is 1. The largest absolute Gasteiger partial charge is 0.456 e. The van der Waals surface area contributed by atoms with Crippen molar-refractivity contribution in [2.75, 3.05) is 13.2 Å². The summed E-state index contributed by atoms with van der Waals surface area (Å²) in [7, 11) is -3.68. The molecule has 1 aliphatic heterocycles. The third-order valence-corrected chi connectivity index (χ3v) is 6.54. The Morgan fingerprint density at radius 3 is 2.47 bits per heavy atom. The van der Waals surface area contributed by atoms with Gasteiger partial charge in [0, 0.05) is 28.2 Å². The lowest BCUT2D eigenvalue weighted by molar-refractivity contribution is -0.140. The number of nitrogens with one attached hydrogen (secondary N) is 1. The molecular weight excluding hydrogens is 430 g/mol. The van der Waals surface area contributed by atoms with Gasteiger partial charge in [0.1, 0.15) is 12.4 Å². The molecule has 0 saturated heterocycles. The van der Waals surface area contributed by atoms with Crippen molar-refractivity contribution in [2.24, 2.45) is 4.99 Å². The van der Waals surface area contributed by atoms with Crippen molar-refractivity contribution in [3.63, 3.8) is 0 Å². The number of rotatable bonds is 6. The SMILES string of the molecule is Cc1cc(C(=O)COC(=O)CN=C2NS(=O)(=O)c3ccccc32)c(C)n1-c1ccccc1. The minimum absolute atomic E-state index is 0.0790. The molecule has 0 aliphatic carbocycles. The number of esters is 1. The van der Waals surface area contributed by atoms with Gasteiger partial charge in [-0.25, -0.2) is 8.42 Å². The number of carbonyl (C=O) groups excluding carboxylic acids is 2. The van der Waals surface area contributed by atoms with Gasteiger partial charge in [-0.1, -0.05) is 30.3 Å². The van der Waals surface area contributed by atoms with Gasteiger partial charge in [0.25, 0.3) is 10.0 Å². The molecule has 0 atom stereocenters. The summed E-state index contributed by atoms with van der Waals surface area (Å²) in [5.41, 5.74) is 3.45. The molecule has 0 unspecified atom stereocenters. The van der Waals surface area contributed by atoms with Crippen molar-refractivity contribution in [1.29, 1.82) is 0 Å². The van der Waals surface area contributed by atoms with Crippen LogP contribution in [0.4, 0.5) is 0 Å². The third-order valence-electron chi connectivity index (χ3n) is 5.14. The molecule has 0 fully saturated rings. The molecule has 8 nitrogen and oxygen atoms in total. The maximum absolute atomic E-state index is 12.7. The molecule has 0 radical (unpaired) electrons. The van der Waals surface area contributed by atoms with E-state index in [1.165, 1.54) is 6.07 Å². The lowest BCUT2D eigenvalue weighted by Crippen LogP contribution is -2.24. The van der Waals surface area contributed by atoms with E-state index in [1.807, 2.05) is 48.7 Å². The number of hydrogen-bond acceptors (Lipinski definition) is 6. The molecule has 2 heterocycles. The van der Waals surface area contributed by atoms with E-state index >= 15 is 0 Å². The zero-order chi connectivity index (χ0) is 22.9. The van der Waals surface area contributed by atoms with Crippen molar-refractivity contribution in [1.82, 2.24) is 9.29 Å². The number of aromatic nitrogens is 1. The summed E-state index contributed by atoms with van der Waals surface area (Å²) in [6.45, 7) is 2.90. The Bertz CT molecular complexity index is 1340. The average molecular weight is 452 g/mol. The zero-order valence-electron chi connectivity index (χ0n) is 17.5. The second kappa shape index (κ2) is 8.43. The molecule has 0 amide bonds. The van der Waals surface area contributed by atoms with Crippen LogP contribution >= 0.6 is 0 Å². The Balaban J connectivity index is 1.42. The standard InChI is InChI=1S/C23H21N3O5S/c1-15-12-19(16(2)26(15)17-8-4-3-5-9-17)20(27)14-31-22(28)13-24-23-18-10-6-7-11-21(18)32(29,30)25-23/h3-12H,13-14H2,1-2H3,(H,24,25). The van der Waals surface area contributed by atoms with E-state index in [2.05, 4.69) is 9.71 Å². The van der Waals surface area contributed by atoms with Crippen LogP contribution < -0.4 is 4.72 Å². The van der Waals surface area contributed by atoms with Crippen molar-refractivity contribution < 1.29 is 22.7 Å². The second-order valence-corrected chi connectivity index (χ2v) is 8.96. The minimum atomic E-state index is -3.68. The smallest absolute Gasteiger partial charge is 0.328 e. The van der Waals surface area contributed by atoms with Gasteiger partial charge in [-0.3, -0.25) is 19.3 Å². The van der Waals surface area contributed by atoms with E-state index in [0.717, 1.165) is 17.1 Å². The molecule has 0 spiro atoms. The molecule has 1 aliphatic rings. The first-order valence-electron chi connectivity index (χ1n) is 9.88. The molecule has 9 heteroatoms. The molecule has 0 saturated carbocycles. The van der Waals surface area contributed by atoms with Crippen LogP contribution in [0.25, 0.3) is 5.69 Å². The number of hydrogen-bond donors (Lipinski definition) is 1. The summed E-state index contributed by atoms with van der Waals surface area (Å²) >= 11 is 0. The number of aliphatic imine (C=N–C) groups is 1. The molecular formula is C23H21N3O5S. The van der Waals surface area contributed by atoms with Gasteiger partial charge >= 0.3 is 5.97 Å². The predicted molar refractivity (Wildman–Crippen MR) is 119 cm³/mol. The van der Waals surface area contributed by atoms with Crippen LogP contribution in [0.3, 0.4) is 0 Å². The first kappa shape index (κ1) is 21.5. The fourth-order valence-electron chi connectivity index (χ4n) is 3.68. The number of nitrogens with zero attached hydrogens (tertiary/aromatic N) is 2. The maximum atomic E-state index is 12.7. The highest BCUT2D eigenvalue weighted by molar-refractivity contribution is 7.90. The van der Waals surface area contributed by atoms with Crippen LogP contribution in [0.5, 0.6) is 0 Å². The summed E-state index contributed by atoms with van der Waals surface area (Å²) in [6, 6.07) is 17.8. The Hall–Kier alpha value is -3.72. The van der Waals surface area contributed by atoms with E-state index in [0.29, 0.717) is 11.1 Å². The number of aryl methyl sites for hydroxylation is 1. The summed E-state index contributed by atoms with van der Waals surface area (Å²) in [4.78, 5) is 28.9. The molecule has 2 aromatic carbocycles. The third kappa shape index (κ3) is 4.06. The number of fused-ring (bicyclic) bond motifs is 1. The molecule has 3 aromatic rings. The number of benzene rings is 2. The molecule has 4 rings (SSSR count). The van der Waals surface area contributed by atoms with Crippen LogP contribution in [0.2, 0.25) is 0 Å². The highest BCUT2D eigenvalue weighted by atomic mass is 32.2. The number of sulfonamides is 1. The van der Waals surface area contributed by atoms with Crippen molar-refractivity contribution in [3.8, 4) is 5.69 Å². The van der Waals surface area contributed by atoms with Gasteiger partial charge in [-0.05, 0) is 44.2 Å². The van der Waals surface area contributed by atoms with Crippen LogP contribution in [0.15, 0.2) is 70.6 Å². The number of carbonyl (C=O) groups is 2. The van der Waals surface area contributed by atoms with Gasteiger partial charge < -0.3 is 9.30 Å². The highest BCUT2D eigenvalue weighted by Crippen LogP contribution is 2.23. The molecule has 1 aromatic heterocycles. The second-order valence-electron chi connectivity index (χ2n) is 7.31. The van der Waals surface area contributed by atoms with Crippen molar-refractivity contribution in [2.45, 2.75) is 18.7 Å². The lowest BCUT2D eigenvalue weighted by atomic mass is 10.1. The number of amidine groups is 1. The summed E-state index contributed by atoms with van der Waals surface area (Å²) in [6.07, 6.45) is 0. The number of ether oxygens (including phenoxy) is 1. The average Bonchev–Trinajstić information content (AvgIpc) is 3.23. The van der Waals surface area contributed by atoms with Crippen molar-refractivity contribution in [3.05, 3.63) is 83.2 Å².